The van der Waals surface area contributed by atoms with Crippen molar-refractivity contribution in [1.29, 1.82) is 0 Å². The first kappa shape index (κ1) is 20.4. The fraction of sp³-hybridized carbons (Fsp3) is 0.167. The highest BCUT2D eigenvalue weighted by molar-refractivity contribution is 9.10. The van der Waals surface area contributed by atoms with Gasteiger partial charge in [-0.3, -0.25) is 9.48 Å². The minimum atomic E-state index is -0.253. The maximum absolute atomic E-state index is 13.7. The van der Waals surface area contributed by atoms with E-state index in [-0.39, 0.29) is 11.7 Å². The minimum absolute atomic E-state index is 0.0318. The molecule has 32 heavy (non-hydrogen) atoms. The molecule has 0 spiro atoms. The lowest BCUT2D eigenvalue weighted by Crippen LogP contribution is -2.23. The van der Waals surface area contributed by atoms with Crippen molar-refractivity contribution < 1.29 is 4.74 Å². The molecule has 0 radical (unpaired) electrons. The lowest BCUT2D eigenvalue weighted by Gasteiger charge is -2.13. The number of rotatable bonds is 4. The van der Waals surface area contributed by atoms with Crippen molar-refractivity contribution in [2.24, 2.45) is 7.05 Å². The Morgan fingerprint density at radius 2 is 1.72 bits per heavy atom. The van der Waals surface area contributed by atoms with Gasteiger partial charge < -0.3 is 4.74 Å². The van der Waals surface area contributed by atoms with E-state index in [1.807, 2.05) is 75.6 Å². The van der Waals surface area contributed by atoms with Crippen LogP contribution in [-0.2, 0) is 7.05 Å². The van der Waals surface area contributed by atoms with Gasteiger partial charge >= 0.3 is 0 Å². The summed E-state index contributed by atoms with van der Waals surface area (Å²) in [6.45, 7) is 3.87. The molecule has 0 saturated heterocycles. The Balaban J connectivity index is 1.79. The van der Waals surface area contributed by atoms with Crippen molar-refractivity contribution in [2.45, 2.75) is 20.0 Å². The van der Waals surface area contributed by atoms with E-state index >= 15 is 0 Å². The molecule has 0 N–H and O–H groups in total. The predicted molar refractivity (Wildman–Crippen MR) is 128 cm³/mol. The number of ether oxygens (including phenoxy) is 1. The lowest BCUT2D eigenvalue weighted by atomic mass is 10.1. The highest BCUT2D eigenvalue weighted by Gasteiger charge is 2.18. The molecule has 0 aliphatic carbocycles. The Labute approximate surface area is 192 Å². The number of halogens is 1. The van der Waals surface area contributed by atoms with Crippen molar-refractivity contribution in [3.8, 4) is 22.7 Å². The van der Waals surface area contributed by atoms with Crippen molar-refractivity contribution in [2.75, 3.05) is 0 Å². The van der Waals surface area contributed by atoms with Gasteiger partial charge in [-0.05, 0) is 55.8 Å². The van der Waals surface area contributed by atoms with Crippen molar-refractivity contribution >= 4 is 37.9 Å². The van der Waals surface area contributed by atoms with Crippen LogP contribution in [0.4, 0.5) is 0 Å². The standard InChI is InChI=1S/C24H20BrN5O2/c1-14(2)32-21-11-10-20-23(26-21)22(15-4-6-17(25)7-5-15)24(31)30(28-20)18-8-9-19-16(12-18)13-29(3)27-19/h4-14H,1-3H3. The third-order valence-electron chi connectivity index (χ3n) is 5.04. The molecule has 0 bridgehead atoms. The fourth-order valence-electron chi connectivity index (χ4n) is 3.69. The summed E-state index contributed by atoms with van der Waals surface area (Å²) < 4.78 is 9.88. The number of nitrogens with zero attached hydrogens (tertiary/aromatic N) is 5. The highest BCUT2D eigenvalue weighted by atomic mass is 79.9. The number of hydrogen-bond donors (Lipinski definition) is 0. The Kier molecular flexibility index (Phi) is 5.01. The van der Waals surface area contributed by atoms with Gasteiger partial charge in [-0.2, -0.15) is 14.9 Å². The number of aryl methyl sites for hydroxylation is 1. The van der Waals surface area contributed by atoms with E-state index in [9.17, 15) is 4.79 Å². The quantitative estimate of drug-likeness (QED) is 0.359. The zero-order valence-electron chi connectivity index (χ0n) is 17.8. The van der Waals surface area contributed by atoms with Gasteiger partial charge in [0.25, 0.3) is 5.56 Å². The van der Waals surface area contributed by atoms with Crippen LogP contribution in [0.2, 0.25) is 0 Å². The Morgan fingerprint density at radius 1 is 0.969 bits per heavy atom. The van der Waals surface area contributed by atoms with Crippen LogP contribution in [0.15, 0.2) is 70.1 Å². The highest BCUT2D eigenvalue weighted by Crippen LogP contribution is 2.27. The van der Waals surface area contributed by atoms with Gasteiger partial charge in [-0.25, -0.2) is 4.98 Å². The molecule has 5 rings (SSSR count). The number of pyridine rings is 1. The molecule has 7 nitrogen and oxygen atoms in total. The fourth-order valence-corrected chi connectivity index (χ4v) is 3.95. The van der Waals surface area contributed by atoms with Gasteiger partial charge in [0.1, 0.15) is 11.0 Å². The summed E-state index contributed by atoms with van der Waals surface area (Å²) in [6.07, 6.45) is 1.88. The van der Waals surface area contributed by atoms with Gasteiger partial charge in [0.2, 0.25) is 5.88 Å². The summed E-state index contributed by atoms with van der Waals surface area (Å²) in [4.78, 5) is 18.4. The Morgan fingerprint density at radius 3 is 2.47 bits per heavy atom. The maximum atomic E-state index is 13.7. The topological polar surface area (TPSA) is 74.8 Å². The zero-order valence-corrected chi connectivity index (χ0v) is 19.4. The van der Waals surface area contributed by atoms with Gasteiger partial charge in [0, 0.05) is 29.2 Å². The molecular weight excluding hydrogens is 470 g/mol. The molecule has 8 heteroatoms. The van der Waals surface area contributed by atoms with Gasteiger partial charge in [0.15, 0.2) is 0 Å². The molecule has 0 fully saturated rings. The molecule has 3 heterocycles. The normalized spacial score (nSPS) is 11.5. The van der Waals surface area contributed by atoms with Crippen LogP contribution in [0.5, 0.6) is 5.88 Å². The van der Waals surface area contributed by atoms with Gasteiger partial charge in [0.05, 0.1) is 22.9 Å². The molecule has 5 aromatic rings. The smallest absolute Gasteiger partial charge is 0.281 e. The number of fused-ring (bicyclic) bond motifs is 2. The Hall–Kier alpha value is -3.52. The average molecular weight is 490 g/mol. The number of hydrogen-bond acceptors (Lipinski definition) is 5. The molecule has 0 amide bonds. The van der Waals surface area contributed by atoms with E-state index in [0.29, 0.717) is 28.2 Å². The SMILES string of the molecule is CC(C)Oc1ccc2nn(-c3ccc4nn(C)cc4c3)c(=O)c(-c3ccc(Br)cc3)c2n1. The molecule has 0 unspecified atom stereocenters. The van der Waals surface area contributed by atoms with Crippen molar-refractivity contribution in [3.05, 3.63) is 75.6 Å². The van der Waals surface area contributed by atoms with Crippen molar-refractivity contribution in [1.82, 2.24) is 24.5 Å². The molecule has 0 aliphatic rings. The monoisotopic (exact) mass is 489 g/mol. The summed E-state index contributed by atoms with van der Waals surface area (Å²) in [6, 6.07) is 16.9. The third kappa shape index (κ3) is 3.67. The summed E-state index contributed by atoms with van der Waals surface area (Å²) >= 11 is 3.46. The zero-order chi connectivity index (χ0) is 22.4. The van der Waals surface area contributed by atoms with E-state index in [1.54, 1.807) is 10.7 Å². The van der Waals surface area contributed by atoms with Crippen LogP contribution < -0.4 is 10.3 Å². The second kappa shape index (κ2) is 7.87. The first-order valence-corrected chi connectivity index (χ1v) is 11.0. The summed E-state index contributed by atoms with van der Waals surface area (Å²) in [7, 11) is 1.87. The van der Waals surface area contributed by atoms with Gasteiger partial charge in [-0.1, -0.05) is 28.1 Å². The first-order chi connectivity index (χ1) is 15.4. The van der Waals surface area contributed by atoms with Crippen molar-refractivity contribution in [3.63, 3.8) is 0 Å². The predicted octanol–water partition coefficient (Wildman–Crippen LogP) is 4.88. The maximum Gasteiger partial charge on any atom is 0.281 e. The second-order valence-electron chi connectivity index (χ2n) is 7.83. The van der Waals surface area contributed by atoms with Gasteiger partial charge in [-0.15, -0.1) is 0 Å². The van der Waals surface area contributed by atoms with Crippen LogP contribution in [0.25, 0.3) is 38.8 Å². The lowest BCUT2D eigenvalue weighted by molar-refractivity contribution is 0.233. The average Bonchev–Trinajstić information content (AvgIpc) is 3.13. The van der Waals surface area contributed by atoms with Crippen LogP contribution >= 0.6 is 15.9 Å². The number of aromatic nitrogens is 5. The summed E-state index contributed by atoms with van der Waals surface area (Å²) in [5.41, 5.74) is 3.61. The summed E-state index contributed by atoms with van der Waals surface area (Å²) in [5.74, 6) is 0.460. The largest absolute Gasteiger partial charge is 0.475 e. The van der Waals surface area contributed by atoms with Crippen LogP contribution in [0.3, 0.4) is 0 Å². The molecule has 3 aromatic heterocycles. The molecule has 0 aliphatic heterocycles. The number of benzene rings is 2. The molecule has 0 saturated carbocycles. The molecular formula is C24H20BrN5O2. The third-order valence-corrected chi connectivity index (χ3v) is 5.56. The minimum Gasteiger partial charge on any atom is -0.475 e. The molecule has 0 atom stereocenters. The van der Waals surface area contributed by atoms with E-state index in [4.69, 9.17) is 4.74 Å². The van der Waals surface area contributed by atoms with E-state index in [2.05, 4.69) is 31.1 Å². The molecule has 2 aromatic carbocycles. The summed E-state index contributed by atoms with van der Waals surface area (Å²) in [5, 5.41) is 9.97. The first-order valence-electron chi connectivity index (χ1n) is 10.2. The second-order valence-corrected chi connectivity index (χ2v) is 8.74. The van der Waals surface area contributed by atoms with Crippen LogP contribution in [0.1, 0.15) is 13.8 Å². The van der Waals surface area contributed by atoms with Crippen LogP contribution in [-0.4, -0.2) is 30.6 Å². The molecule has 160 valence electrons. The van der Waals surface area contributed by atoms with E-state index in [0.717, 1.165) is 20.9 Å². The van der Waals surface area contributed by atoms with Crippen LogP contribution in [0, 0.1) is 0 Å². The van der Waals surface area contributed by atoms with E-state index in [1.165, 1.54) is 4.68 Å². The Bertz CT molecular complexity index is 1520. The van der Waals surface area contributed by atoms with E-state index < -0.39 is 0 Å².